The van der Waals surface area contributed by atoms with Crippen LogP contribution in [0.3, 0.4) is 0 Å². The molecule has 0 saturated heterocycles. The molecule has 4 rings (SSSR count). The van der Waals surface area contributed by atoms with E-state index in [9.17, 15) is 0 Å². The Labute approximate surface area is 129 Å². The molecule has 0 spiro atoms. The second-order valence-corrected chi connectivity index (χ2v) is 7.09. The molecular formula is C19H13NSe. The summed E-state index contributed by atoms with van der Waals surface area (Å²) in [4.78, 5) is 4.58. The third kappa shape index (κ3) is 2.23. The molecule has 0 saturated carbocycles. The molecule has 1 nitrogen and oxygen atoms in total. The van der Waals surface area contributed by atoms with Crippen LogP contribution < -0.4 is 0 Å². The topological polar surface area (TPSA) is 12.9 Å². The third-order valence-electron chi connectivity index (χ3n) is 3.56. The summed E-state index contributed by atoms with van der Waals surface area (Å²) in [5.74, 6) is 0. The number of benzene rings is 2. The number of fused-ring (bicyclic) bond motifs is 1. The summed E-state index contributed by atoms with van der Waals surface area (Å²) in [6.07, 6.45) is 1.88. The maximum atomic E-state index is 4.58. The summed E-state index contributed by atoms with van der Waals surface area (Å²) in [5.41, 5.74) is 3.74. The van der Waals surface area contributed by atoms with E-state index in [4.69, 9.17) is 0 Å². The second-order valence-electron chi connectivity index (χ2n) is 4.88. The van der Waals surface area contributed by atoms with Gasteiger partial charge in [0.2, 0.25) is 0 Å². The maximum absolute atomic E-state index is 4.58. The van der Waals surface area contributed by atoms with Crippen molar-refractivity contribution in [1.29, 1.82) is 0 Å². The van der Waals surface area contributed by atoms with E-state index in [1.807, 2.05) is 12.3 Å². The molecule has 2 heteroatoms. The molecule has 0 unspecified atom stereocenters. The van der Waals surface area contributed by atoms with Crippen molar-refractivity contribution in [2.45, 2.75) is 0 Å². The monoisotopic (exact) mass is 335 g/mol. The zero-order chi connectivity index (χ0) is 14.1. The fourth-order valence-electron chi connectivity index (χ4n) is 2.61. The third-order valence-corrected chi connectivity index (χ3v) is 6.06. The fourth-order valence-corrected chi connectivity index (χ4v) is 5.14. The van der Waals surface area contributed by atoms with Gasteiger partial charge in [-0.1, -0.05) is 0 Å². The molecule has 2 aromatic heterocycles. The van der Waals surface area contributed by atoms with Gasteiger partial charge < -0.3 is 0 Å². The molecule has 0 aliphatic carbocycles. The summed E-state index contributed by atoms with van der Waals surface area (Å²) in [6, 6.07) is 25.5. The quantitative estimate of drug-likeness (QED) is 0.487. The van der Waals surface area contributed by atoms with E-state index in [1.54, 1.807) is 0 Å². The van der Waals surface area contributed by atoms with Crippen LogP contribution >= 0.6 is 0 Å². The number of pyridine rings is 1. The van der Waals surface area contributed by atoms with Gasteiger partial charge in [-0.2, -0.15) is 0 Å². The zero-order valence-corrected chi connectivity index (χ0v) is 13.1. The van der Waals surface area contributed by atoms with Crippen molar-refractivity contribution >= 4 is 24.1 Å². The molecule has 0 radical (unpaired) electrons. The Morgan fingerprint density at radius 1 is 0.714 bits per heavy atom. The van der Waals surface area contributed by atoms with Crippen LogP contribution in [0, 0.1) is 0 Å². The van der Waals surface area contributed by atoms with E-state index in [0.717, 1.165) is 5.69 Å². The van der Waals surface area contributed by atoms with Gasteiger partial charge in [-0.3, -0.25) is 0 Å². The Morgan fingerprint density at radius 3 is 2.29 bits per heavy atom. The van der Waals surface area contributed by atoms with Crippen molar-refractivity contribution in [3.63, 3.8) is 0 Å². The zero-order valence-electron chi connectivity index (χ0n) is 11.4. The minimum absolute atomic E-state index is 0.316. The van der Waals surface area contributed by atoms with Crippen LogP contribution in [0.25, 0.3) is 30.9 Å². The van der Waals surface area contributed by atoms with E-state index < -0.39 is 0 Å². The molecular weight excluding hydrogens is 321 g/mol. The molecule has 2 heterocycles. The summed E-state index contributed by atoms with van der Waals surface area (Å²) < 4.78 is 2.83. The van der Waals surface area contributed by atoms with E-state index in [2.05, 4.69) is 71.7 Å². The van der Waals surface area contributed by atoms with Gasteiger partial charge in [-0.15, -0.1) is 0 Å². The van der Waals surface area contributed by atoms with Crippen molar-refractivity contribution in [2.24, 2.45) is 0 Å². The second kappa shape index (κ2) is 5.32. The predicted octanol–water partition coefficient (Wildman–Crippen LogP) is 4.63. The Kier molecular flexibility index (Phi) is 3.19. The average molecular weight is 334 g/mol. The number of rotatable bonds is 2. The van der Waals surface area contributed by atoms with Crippen LogP contribution in [0.5, 0.6) is 0 Å². The van der Waals surface area contributed by atoms with Gasteiger partial charge in [0.25, 0.3) is 0 Å². The molecule has 0 fully saturated rings. The first-order chi connectivity index (χ1) is 10.4. The molecule has 21 heavy (non-hydrogen) atoms. The van der Waals surface area contributed by atoms with Crippen LogP contribution in [-0.2, 0) is 0 Å². The Balaban J connectivity index is 2.07. The van der Waals surface area contributed by atoms with Gasteiger partial charge in [0, 0.05) is 0 Å². The summed E-state index contributed by atoms with van der Waals surface area (Å²) in [6.45, 7) is 0. The van der Waals surface area contributed by atoms with Crippen LogP contribution in [-0.4, -0.2) is 19.5 Å². The van der Waals surface area contributed by atoms with Gasteiger partial charge >= 0.3 is 129 Å². The van der Waals surface area contributed by atoms with Gasteiger partial charge in [0.1, 0.15) is 0 Å². The molecule has 0 N–H and O–H groups in total. The Bertz CT molecular complexity index is 879. The van der Waals surface area contributed by atoms with Gasteiger partial charge in [-0.05, 0) is 0 Å². The Morgan fingerprint density at radius 2 is 1.48 bits per heavy atom. The Hall–Kier alpha value is -2.15. The molecule has 0 atom stereocenters. The van der Waals surface area contributed by atoms with Crippen LogP contribution in [0.4, 0.5) is 0 Å². The van der Waals surface area contributed by atoms with Crippen molar-refractivity contribution in [3.8, 4) is 21.3 Å². The SMILES string of the molecule is c1ccc(-c2c(-c3ccccn3)[se]c3ccccc23)cc1. The van der Waals surface area contributed by atoms with Crippen molar-refractivity contribution < 1.29 is 0 Å². The van der Waals surface area contributed by atoms with Gasteiger partial charge in [0.15, 0.2) is 0 Å². The number of aromatic nitrogens is 1. The van der Waals surface area contributed by atoms with E-state index in [0.29, 0.717) is 14.5 Å². The average Bonchev–Trinajstić information content (AvgIpc) is 2.96. The number of hydrogen-bond acceptors (Lipinski definition) is 1. The van der Waals surface area contributed by atoms with Crippen molar-refractivity contribution in [1.82, 2.24) is 4.98 Å². The van der Waals surface area contributed by atoms with Gasteiger partial charge in [0.05, 0.1) is 0 Å². The minimum atomic E-state index is 0.316. The predicted molar refractivity (Wildman–Crippen MR) is 89.6 cm³/mol. The standard InChI is InChI=1S/C19H13NSe/c1-2-8-14(9-3-1)18-15-10-4-5-12-17(15)21-19(18)16-11-6-7-13-20-16/h1-13H. The molecule has 0 bridgehead atoms. The summed E-state index contributed by atoms with van der Waals surface area (Å²) in [5, 5.41) is 1.37. The van der Waals surface area contributed by atoms with Crippen LogP contribution in [0.1, 0.15) is 0 Å². The van der Waals surface area contributed by atoms with Crippen LogP contribution in [0.2, 0.25) is 0 Å². The molecule has 100 valence electrons. The first-order valence-electron chi connectivity index (χ1n) is 6.92. The summed E-state index contributed by atoms with van der Waals surface area (Å²) >= 11 is 0.316. The van der Waals surface area contributed by atoms with Crippen LogP contribution in [0.15, 0.2) is 79.0 Å². The molecule has 2 aromatic carbocycles. The first-order valence-corrected chi connectivity index (χ1v) is 8.63. The fraction of sp³-hybridized carbons (Fsp3) is 0. The molecule has 0 aliphatic heterocycles. The first kappa shape index (κ1) is 12.6. The number of nitrogens with zero attached hydrogens (tertiary/aromatic N) is 1. The van der Waals surface area contributed by atoms with E-state index in [1.165, 1.54) is 25.2 Å². The molecule has 0 amide bonds. The normalized spacial score (nSPS) is 10.9. The van der Waals surface area contributed by atoms with E-state index in [-0.39, 0.29) is 0 Å². The van der Waals surface area contributed by atoms with E-state index >= 15 is 0 Å². The molecule has 0 aliphatic rings. The number of hydrogen-bond donors (Lipinski definition) is 0. The molecule has 4 aromatic rings. The van der Waals surface area contributed by atoms with Crippen molar-refractivity contribution in [2.75, 3.05) is 0 Å². The van der Waals surface area contributed by atoms with Crippen molar-refractivity contribution in [3.05, 3.63) is 79.0 Å². The summed E-state index contributed by atoms with van der Waals surface area (Å²) in [7, 11) is 0. The van der Waals surface area contributed by atoms with Gasteiger partial charge in [-0.25, -0.2) is 0 Å².